The van der Waals surface area contributed by atoms with Crippen LogP contribution < -0.4 is 14.2 Å². The van der Waals surface area contributed by atoms with Gasteiger partial charge in [-0.15, -0.1) is 0 Å². The average molecular weight is 464 g/mol. The Morgan fingerprint density at radius 1 is 0.939 bits per heavy atom. The van der Waals surface area contributed by atoms with E-state index in [1.165, 1.54) is 0 Å². The lowest BCUT2D eigenvalue weighted by Crippen LogP contribution is -2.34. The Kier molecular flexibility index (Phi) is 6.43. The van der Waals surface area contributed by atoms with Gasteiger partial charge in [0.1, 0.15) is 11.6 Å². The van der Waals surface area contributed by atoms with Crippen molar-refractivity contribution in [3.63, 3.8) is 0 Å². The molecule has 0 atom stereocenters. The maximum atomic E-state index is 13.1. The Bertz CT molecular complexity index is 1140. The van der Waals surface area contributed by atoms with Gasteiger partial charge in [-0.1, -0.05) is 0 Å². The van der Waals surface area contributed by atoms with Crippen LogP contribution in [0.1, 0.15) is 35.8 Å². The summed E-state index contributed by atoms with van der Waals surface area (Å²) in [6, 6.07) is 7.77. The summed E-state index contributed by atoms with van der Waals surface area (Å²) in [4.78, 5) is 6.76. The van der Waals surface area contributed by atoms with Crippen LogP contribution in [0.15, 0.2) is 30.3 Å². The first-order valence-electron chi connectivity index (χ1n) is 10.8. The molecule has 0 bridgehead atoms. The maximum absolute atomic E-state index is 13.1. The molecule has 0 N–H and O–H groups in total. The van der Waals surface area contributed by atoms with Gasteiger partial charge in [0, 0.05) is 37.3 Å². The lowest BCUT2D eigenvalue weighted by atomic mass is 10.0. The first-order chi connectivity index (χ1) is 15.7. The average Bonchev–Trinajstić information content (AvgIpc) is 3.13. The van der Waals surface area contributed by atoms with Crippen LogP contribution in [0.3, 0.4) is 0 Å². The van der Waals surface area contributed by atoms with E-state index in [1.54, 1.807) is 27.4 Å². The molecule has 6 nitrogen and oxygen atoms in total. The number of rotatable bonds is 6. The Balaban J connectivity index is 1.50. The molecule has 0 aliphatic carbocycles. The number of imidazole rings is 1. The van der Waals surface area contributed by atoms with E-state index < -0.39 is 11.7 Å². The number of benzene rings is 2. The van der Waals surface area contributed by atoms with Crippen molar-refractivity contribution >= 4 is 11.0 Å². The second kappa shape index (κ2) is 9.13. The van der Waals surface area contributed by atoms with E-state index >= 15 is 0 Å². The monoisotopic (exact) mass is 463 g/mol. The summed E-state index contributed by atoms with van der Waals surface area (Å²) in [5, 5.41) is 0. The SMILES string of the molecule is COc1cc(OC)c(OC)cc1CN1CCC(n2c(C)nc3cc(C(F)(F)F)ccc32)CC1. The quantitative estimate of drug-likeness (QED) is 0.501. The molecule has 9 heteroatoms. The normalized spacial score (nSPS) is 15.7. The van der Waals surface area contributed by atoms with Crippen LogP contribution in [0.25, 0.3) is 11.0 Å². The zero-order valence-electron chi connectivity index (χ0n) is 19.2. The van der Waals surface area contributed by atoms with E-state index in [1.807, 2.05) is 19.1 Å². The predicted molar refractivity (Wildman–Crippen MR) is 119 cm³/mol. The smallest absolute Gasteiger partial charge is 0.416 e. The fourth-order valence-electron chi connectivity index (χ4n) is 4.65. The summed E-state index contributed by atoms with van der Waals surface area (Å²) < 4.78 is 57.7. The van der Waals surface area contributed by atoms with Gasteiger partial charge in [-0.05, 0) is 44.0 Å². The Labute approximate surface area is 190 Å². The van der Waals surface area contributed by atoms with Crippen LogP contribution in [0.5, 0.6) is 17.2 Å². The highest BCUT2D eigenvalue weighted by Crippen LogP contribution is 2.37. The minimum Gasteiger partial charge on any atom is -0.496 e. The van der Waals surface area contributed by atoms with Gasteiger partial charge in [0.2, 0.25) is 0 Å². The summed E-state index contributed by atoms with van der Waals surface area (Å²) >= 11 is 0. The van der Waals surface area contributed by atoms with Crippen molar-refractivity contribution in [3.8, 4) is 17.2 Å². The number of halogens is 3. The maximum Gasteiger partial charge on any atom is 0.416 e. The van der Waals surface area contributed by atoms with Gasteiger partial charge in [-0.3, -0.25) is 4.90 Å². The van der Waals surface area contributed by atoms with Crippen LogP contribution in [0.2, 0.25) is 0 Å². The van der Waals surface area contributed by atoms with E-state index in [4.69, 9.17) is 14.2 Å². The summed E-state index contributed by atoms with van der Waals surface area (Å²) in [6.45, 7) is 4.26. The summed E-state index contributed by atoms with van der Waals surface area (Å²) in [5.41, 5.74) is 1.48. The molecule has 1 saturated heterocycles. The van der Waals surface area contributed by atoms with E-state index in [0.29, 0.717) is 23.6 Å². The highest BCUT2D eigenvalue weighted by molar-refractivity contribution is 5.77. The Hall–Kier alpha value is -2.94. The number of fused-ring (bicyclic) bond motifs is 1. The summed E-state index contributed by atoms with van der Waals surface area (Å²) in [7, 11) is 4.83. The molecule has 3 aromatic rings. The van der Waals surface area contributed by atoms with Crippen LogP contribution >= 0.6 is 0 Å². The van der Waals surface area contributed by atoms with Gasteiger partial charge in [0.05, 0.1) is 37.9 Å². The summed E-state index contributed by atoms with van der Waals surface area (Å²) in [5.74, 6) is 2.76. The molecule has 1 fully saturated rings. The van der Waals surface area contributed by atoms with Crippen LogP contribution in [-0.4, -0.2) is 48.9 Å². The zero-order chi connectivity index (χ0) is 23.8. The van der Waals surface area contributed by atoms with Crippen LogP contribution in [-0.2, 0) is 12.7 Å². The van der Waals surface area contributed by atoms with E-state index in [9.17, 15) is 13.2 Å². The van der Waals surface area contributed by atoms with Crippen molar-refractivity contribution in [1.82, 2.24) is 14.5 Å². The van der Waals surface area contributed by atoms with E-state index in [0.717, 1.165) is 60.7 Å². The number of ether oxygens (including phenoxy) is 3. The molecular formula is C24H28F3N3O3. The number of piperidine rings is 1. The van der Waals surface area contributed by atoms with Crippen LogP contribution in [0.4, 0.5) is 13.2 Å². The minimum absolute atomic E-state index is 0.190. The van der Waals surface area contributed by atoms with E-state index in [-0.39, 0.29) is 6.04 Å². The molecule has 4 rings (SSSR count). The number of likely N-dealkylation sites (tertiary alicyclic amines) is 1. The number of alkyl halides is 3. The van der Waals surface area contributed by atoms with Gasteiger partial charge in [0.25, 0.3) is 0 Å². The first-order valence-corrected chi connectivity index (χ1v) is 10.8. The molecule has 0 spiro atoms. The molecule has 0 saturated carbocycles. The molecule has 0 unspecified atom stereocenters. The van der Waals surface area contributed by atoms with Gasteiger partial charge in [0.15, 0.2) is 11.5 Å². The number of methoxy groups -OCH3 is 3. The standard InChI is InChI=1S/C24H28F3N3O3/c1-15-28-19-12-17(24(25,26)27)5-6-20(19)30(15)18-7-9-29(10-8-18)14-16-11-22(32-3)23(33-4)13-21(16)31-2/h5-6,11-13,18H,7-10,14H2,1-4H3. The first kappa shape index (κ1) is 23.2. The number of hydrogen-bond donors (Lipinski definition) is 0. The zero-order valence-corrected chi connectivity index (χ0v) is 19.2. The second-order valence-corrected chi connectivity index (χ2v) is 8.26. The third-order valence-electron chi connectivity index (χ3n) is 6.30. The minimum atomic E-state index is -4.37. The van der Waals surface area contributed by atoms with Gasteiger partial charge >= 0.3 is 6.18 Å². The van der Waals surface area contributed by atoms with Crippen molar-refractivity contribution in [2.24, 2.45) is 0 Å². The molecule has 1 aliphatic rings. The summed E-state index contributed by atoms with van der Waals surface area (Å²) in [6.07, 6.45) is -2.62. The molecule has 178 valence electrons. The lowest BCUT2D eigenvalue weighted by molar-refractivity contribution is -0.137. The number of hydrogen-bond acceptors (Lipinski definition) is 5. The second-order valence-electron chi connectivity index (χ2n) is 8.26. The Morgan fingerprint density at radius 2 is 1.58 bits per heavy atom. The number of nitrogens with zero attached hydrogens (tertiary/aromatic N) is 3. The topological polar surface area (TPSA) is 48.8 Å². The van der Waals surface area contributed by atoms with Crippen molar-refractivity contribution in [2.45, 2.75) is 38.5 Å². The largest absolute Gasteiger partial charge is 0.496 e. The lowest BCUT2D eigenvalue weighted by Gasteiger charge is -2.33. The molecule has 1 aliphatic heterocycles. The highest BCUT2D eigenvalue weighted by Gasteiger charge is 2.31. The molecule has 1 aromatic heterocycles. The molecule has 0 radical (unpaired) electrons. The molecule has 0 amide bonds. The van der Waals surface area contributed by atoms with Gasteiger partial charge in [-0.2, -0.15) is 13.2 Å². The third kappa shape index (κ3) is 4.59. The fourth-order valence-corrected chi connectivity index (χ4v) is 4.65. The van der Waals surface area contributed by atoms with Crippen molar-refractivity contribution in [1.29, 1.82) is 0 Å². The number of aryl methyl sites for hydroxylation is 1. The molecule has 2 heterocycles. The Morgan fingerprint density at radius 3 is 2.18 bits per heavy atom. The van der Waals surface area contributed by atoms with E-state index in [2.05, 4.69) is 14.5 Å². The van der Waals surface area contributed by atoms with Crippen molar-refractivity contribution in [3.05, 3.63) is 47.3 Å². The van der Waals surface area contributed by atoms with Gasteiger partial charge in [-0.25, -0.2) is 4.98 Å². The molecule has 2 aromatic carbocycles. The fraction of sp³-hybridized carbons (Fsp3) is 0.458. The highest BCUT2D eigenvalue weighted by atomic mass is 19.4. The predicted octanol–water partition coefficient (Wildman–Crippen LogP) is 5.23. The molecule has 33 heavy (non-hydrogen) atoms. The van der Waals surface area contributed by atoms with Gasteiger partial charge < -0.3 is 18.8 Å². The van der Waals surface area contributed by atoms with Crippen LogP contribution in [0, 0.1) is 6.92 Å². The molecular weight excluding hydrogens is 435 g/mol. The number of aromatic nitrogens is 2. The third-order valence-corrected chi connectivity index (χ3v) is 6.30. The van der Waals surface area contributed by atoms with Crippen molar-refractivity contribution < 1.29 is 27.4 Å². The van der Waals surface area contributed by atoms with Crippen molar-refractivity contribution in [2.75, 3.05) is 34.4 Å².